The maximum atomic E-state index is 12.8. The first-order valence-electron chi connectivity index (χ1n) is 10.3. The molecular weight excluding hydrogens is 378 g/mol. The van der Waals surface area contributed by atoms with Crippen molar-refractivity contribution in [3.05, 3.63) is 59.7 Å². The Hall–Kier alpha value is -3.35. The summed E-state index contributed by atoms with van der Waals surface area (Å²) in [5.41, 5.74) is 3.57. The zero-order valence-electron chi connectivity index (χ0n) is 17.2. The molecule has 1 fully saturated rings. The molecule has 1 aromatic heterocycles. The smallest absolute Gasteiger partial charge is 0.231 e. The van der Waals surface area contributed by atoms with E-state index < -0.39 is 0 Å². The standard InChI is InChI=1S/C23H25N5O2/c1-15(17-11-9-16(10-12-17)13-18-5-4-8-21(18)29)23(30)24-20-7-3-6-19(14-20)22-25-27-28(2)26-22/h3,6-7,9-12,14-15,18H,4-5,8,13H2,1-2H3,(H,24,30)/t15-,18+/m0/s1. The molecule has 3 aromatic rings. The number of aromatic nitrogens is 4. The number of ketones is 1. The van der Waals surface area contributed by atoms with E-state index in [0.29, 0.717) is 23.7 Å². The van der Waals surface area contributed by atoms with Gasteiger partial charge in [-0.2, -0.15) is 4.80 Å². The van der Waals surface area contributed by atoms with Crippen LogP contribution in [0.25, 0.3) is 11.4 Å². The number of anilines is 1. The number of nitrogens with one attached hydrogen (secondary N) is 1. The molecule has 1 amide bonds. The largest absolute Gasteiger partial charge is 0.326 e. The van der Waals surface area contributed by atoms with E-state index in [9.17, 15) is 9.59 Å². The Bertz CT molecular complexity index is 1060. The fourth-order valence-corrected chi connectivity index (χ4v) is 3.87. The van der Waals surface area contributed by atoms with Gasteiger partial charge in [0, 0.05) is 23.6 Å². The van der Waals surface area contributed by atoms with Crippen LogP contribution in [0.2, 0.25) is 0 Å². The Morgan fingerprint density at radius 2 is 2.03 bits per heavy atom. The van der Waals surface area contributed by atoms with Gasteiger partial charge in [-0.1, -0.05) is 36.4 Å². The zero-order valence-corrected chi connectivity index (χ0v) is 17.2. The van der Waals surface area contributed by atoms with E-state index in [-0.39, 0.29) is 17.7 Å². The van der Waals surface area contributed by atoms with Crippen molar-refractivity contribution in [1.29, 1.82) is 0 Å². The van der Waals surface area contributed by atoms with E-state index in [4.69, 9.17) is 0 Å². The molecule has 0 bridgehead atoms. The summed E-state index contributed by atoms with van der Waals surface area (Å²) in [4.78, 5) is 26.0. The number of Topliss-reactive ketones (excluding diaryl/α,β-unsaturated/α-hetero) is 1. The van der Waals surface area contributed by atoms with Crippen LogP contribution >= 0.6 is 0 Å². The summed E-state index contributed by atoms with van der Waals surface area (Å²) >= 11 is 0. The van der Waals surface area contributed by atoms with Crippen molar-refractivity contribution in [3.63, 3.8) is 0 Å². The molecule has 1 aliphatic carbocycles. The molecule has 0 aliphatic heterocycles. The van der Waals surface area contributed by atoms with E-state index in [1.165, 1.54) is 4.80 Å². The summed E-state index contributed by atoms with van der Waals surface area (Å²) in [7, 11) is 1.71. The molecule has 2 atom stereocenters. The van der Waals surface area contributed by atoms with Gasteiger partial charge < -0.3 is 5.32 Å². The van der Waals surface area contributed by atoms with Crippen molar-refractivity contribution in [1.82, 2.24) is 20.2 Å². The molecule has 7 nitrogen and oxygen atoms in total. The van der Waals surface area contributed by atoms with E-state index >= 15 is 0 Å². The number of carbonyl (C=O) groups is 2. The first-order valence-corrected chi connectivity index (χ1v) is 10.3. The SMILES string of the molecule is C[C@H](C(=O)Nc1cccc(-c2nnn(C)n2)c1)c1ccc(C[C@H]2CCCC2=O)cc1. The Morgan fingerprint density at radius 1 is 1.23 bits per heavy atom. The summed E-state index contributed by atoms with van der Waals surface area (Å²) < 4.78 is 0. The number of rotatable bonds is 6. The maximum absolute atomic E-state index is 12.8. The molecule has 1 heterocycles. The van der Waals surface area contributed by atoms with Gasteiger partial charge in [0.15, 0.2) is 0 Å². The number of tetrazole rings is 1. The van der Waals surface area contributed by atoms with Gasteiger partial charge in [-0.15, -0.1) is 10.2 Å². The second-order valence-corrected chi connectivity index (χ2v) is 7.90. The van der Waals surface area contributed by atoms with Gasteiger partial charge in [0.2, 0.25) is 11.7 Å². The third-order valence-corrected chi connectivity index (χ3v) is 5.68. The zero-order chi connectivity index (χ0) is 21.1. The van der Waals surface area contributed by atoms with Gasteiger partial charge in [-0.25, -0.2) is 0 Å². The number of carbonyl (C=O) groups excluding carboxylic acids is 2. The molecule has 0 radical (unpaired) electrons. The van der Waals surface area contributed by atoms with Crippen LogP contribution in [0.5, 0.6) is 0 Å². The number of nitrogens with zero attached hydrogens (tertiary/aromatic N) is 4. The van der Waals surface area contributed by atoms with Crippen molar-refractivity contribution in [2.24, 2.45) is 13.0 Å². The van der Waals surface area contributed by atoms with Crippen LogP contribution in [0.15, 0.2) is 48.5 Å². The van der Waals surface area contributed by atoms with Crippen molar-refractivity contribution >= 4 is 17.4 Å². The first-order chi connectivity index (χ1) is 14.5. The van der Waals surface area contributed by atoms with Gasteiger partial charge in [-0.05, 0) is 54.7 Å². The summed E-state index contributed by atoms with van der Waals surface area (Å²) in [5, 5.41) is 15.0. The molecule has 0 unspecified atom stereocenters. The second-order valence-electron chi connectivity index (χ2n) is 7.90. The van der Waals surface area contributed by atoms with Crippen LogP contribution in [-0.2, 0) is 23.1 Å². The minimum atomic E-state index is -0.300. The highest BCUT2D eigenvalue weighted by atomic mass is 16.2. The lowest BCUT2D eigenvalue weighted by molar-refractivity contribution is -0.120. The first kappa shape index (κ1) is 19.9. The monoisotopic (exact) mass is 403 g/mol. The summed E-state index contributed by atoms with van der Waals surface area (Å²) in [5.74, 6) is 0.666. The van der Waals surface area contributed by atoms with Gasteiger partial charge in [-0.3, -0.25) is 9.59 Å². The fraction of sp³-hybridized carbons (Fsp3) is 0.348. The van der Waals surface area contributed by atoms with Crippen LogP contribution in [-0.4, -0.2) is 31.9 Å². The minimum absolute atomic E-state index is 0.0852. The van der Waals surface area contributed by atoms with Crippen molar-refractivity contribution in [2.45, 2.75) is 38.5 Å². The maximum Gasteiger partial charge on any atom is 0.231 e. The van der Waals surface area contributed by atoms with Crippen LogP contribution in [0.3, 0.4) is 0 Å². The third kappa shape index (κ3) is 4.45. The molecule has 4 rings (SSSR count). The molecular formula is C23H25N5O2. The quantitative estimate of drug-likeness (QED) is 0.680. The van der Waals surface area contributed by atoms with E-state index in [0.717, 1.165) is 36.0 Å². The number of amides is 1. The predicted octanol–water partition coefficient (Wildman–Crippen LogP) is 3.53. The van der Waals surface area contributed by atoms with E-state index in [1.807, 2.05) is 55.5 Å². The highest BCUT2D eigenvalue weighted by Gasteiger charge is 2.24. The van der Waals surface area contributed by atoms with Gasteiger partial charge in [0.25, 0.3) is 0 Å². The molecule has 7 heteroatoms. The molecule has 30 heavy (non-hydrogen) atoms. The van der Waals surface area contributed by atoms with Crippen LogP contribution < -0.4 is 5.32 Å². The number of aryl methyl sites for hydroxylation is 1. The van der Waals surface area contributed by atoms with Crippen LogP contribution in [0, 0.1) is 5.92 Å². The minimum Gasteiger partial charge on any atom is -0.326 e. The number of hydrogen-bond acceptors (Lipinski definition) is 5. The fourth-order valence-electron chi connectivity index (χ4n) is 3.87. The second kappa shape index (κ2) is 8.57. The highest BCUT2D eigenvalue weighted by molar-refractivity contribution is 5.96. The summed E-state index contributed by atoms with van der Waals surface area (Å²) in [6.45, 7) is 1.89. The molecule has 1 saturated carbocycles. The average Bonchev–Trinajstić information content (AvgIpc) is 3.36. The lowest BCUT2D eigenvalue weighted by atomic mass is 9.94. The van der Waals surface area contributed by atoms with E-state index in [1.54, 1.807) is 7.05 Å². The van der Waals surface area contributed by atoms with Crippen molar-refractivity contribution < 1.29 is 9.59 Å². The Balaban J connectivity index is 1.40. The molecule has 2 aromatic carbocycles. The summed E-state index contributed by atoms with van der Waals surface area (Å²) in [6, 6.07) is 15.4. The lowest BCUT2D eigenvalue weighted by Gasteiger charge is -2.14. The predicted molar refractivity (Wildman–Crippen MR) is 114 cm³/mol. The molecule has 1 N–H and O–H groups in total. The molecule has 1 aliphatic rings. The average molecular weight is 403 g/mol. The van der Waals surface area contributed by atoms with Gasteiger partial charge >= 0.3 is 0 Å². The lowest BCUT2D eigenvalue weighted by Crippen LogP contribution is -2.19. The van der Waals surface area contributed by atoms with Crippen molar-refractivity contribution in [3.8, 4) is 11.4 Å². The molecule has 0 saturated heterocycles. The molecule has 0 spiro atoms. The van der Waals surface area contributed by atoms with Crippen LogP contribution in [0.4, 0.5) is 5.69 Å². The Morgan fingerprint density at radius 3 is 2.70 bits per heavy atom. The van der Waals surface area contributed by atoms with Gasteiger partial charge in [0.05, 0.1) is 13.0 Å². The highest BCUT2D eigenvalue weighted by Crippen LogP contribution is 2.26. The van der Waals surface area contributed by atoms with Gasteiger partial charge in [0.1, 0.15) is 5.78 Å². The number of hydrogen-bond donors (Lipinski definition) is 1. The van der Waals surface area contributed by atoms with Crippen LogP contribution in [0.1, 0.15) is 43.2 Å². The van der Waals surface area contributed by atoms with E-state index in [2.05, 4.69) is 20.7 Å². The Kier molecular flexibility index (Phi) is 5.70. The number of benzene rings is 2. The molecule has 154 valence electrons. The van der Waals surface area contributed by atoms with Crippen molar-refractivity contribution in [2.75, 3.05) is 5.32 Å². The topological polar surface area (TPSA) is 89.8 Å². The third-order valence-electron chi connectivity index (χ3n) is 5.68. The Labute approximate surface area is 175 Å². The summed E-state index contributed by atoms with van der Waals surface area (Å²) in [6.07, 6.45) is 3.51. The normalized spacial score (nSPS) is 17.1.